The Bertz CT molecular complexity index is 242. The first-order valence-electron chi connectivity index (χ1n) is 5.01. The molecule has 1 heterocycles. The minimum atomic E-state index is -0.719. The Morgan fingerprint density at radius 1 is 1.36 bits per heavy atom. The van der Waals surface area contributed by atoms with Crippen LogP contribution in [0.25, 0.3) is 0 Å². The molecule has 0 radical (unpaired) electrons. The SMILES string of the molecule is CCC1(C(=O)O)CCN(C(C)=O)CC1. The molecule has 0 aromatic rings. The zero-order valence-electron chi connectivity index (χ0n) is 8.75. The Labute approximate surface area is 83.9 Å². The molecule has 0 unspecified atom stereocenters. The van der Waals surface area contributed by atoms with Crippen molar-refractivity contribution in [2.75, 3.05) is 13.1 Å². The molecule has 1 fully saturated rings. The highest BCUT2D eigenvalue weighted by Crippen LogP contribution is 2.34. The lowest BCUT2D eigenvalue weighted by molar-refractivity contribution is -0.154. The van der Waals surface area contributed by atoms with Crippen LogP contribution in [-0.4, -0.2) is 35.0 Å². The van der Waals surface area contributed by atoms with Crippen molar-refractivity contribution in [3.8, 4) is 0 Å². The van der Waals surface area contributed by atoms with Crippen LogP contribution in [0, 0.1) is 5.41 Å². The van der Waals surface area contributed by atoms with Crippen molar-refractivity contribution in [2.24, 2.45) is 5.41 Å². The Morgan fingerprint density at radius 3 is 2.14 bits per heavy atom. The van der Waals surface area contributed by atoms with Gasteiger partial charge in [-0.2, -0.15) is 0 Å². The summed E-state index contributed by atoms with van der Waals surface area (Å²) < 4.78 is 0. The van der Waals surface area contributed by atoms with E-state index in [1.165, 1.54) is 6.92 Å². The minimum absolute atomic E-state index is 0.0418. The van der Waals surface area contributed by atoms with Gasteiger partial charge in [0.1, 0.15) is 0 Å². The van der Waals surface area contributed by atoms with Gasteiger partial charge in [-0.15, -0.1) is 0 Å². The summed E-state index contributed by atoms with van der Waals surface area (Å²) in [5.74, 6) is -0.678. The molecule has 0 atom stereocenters. The summed E-state index contributed by atoms with van der Waals surface area (Å²) in [4.78, 5) is 23.8. The molecule has 1 saturated heterocycles. The van der Waals surface area contributed by atoms with Gasteiger partial charge in [-0.3, -0.25) is 9.59 Å². The number of carboxylic acid groups (broad SMARTS) is 1. The highest BCUT2D eigenvalue weighted by atomic mass is 16.4. The fraction of sp³-hybridized carbons (Fsp3) is 0.800. The second kappa shape index (κ2) is 3.98. The summed E-state index contributed by atoms with van der Waals surface area (Å²) in [7, 11) is 0. The first-order chi connectivity index (χ1) is 6.52. The molecule has 4 heteroatoms. The fourth-order valence-corrected chi connectivity index (χ4v) is 1.97. The molecule has 1 amide bonds. The zero-order valence-corrected chi connectivity index (χ0v) is 8.75. The van der Waals surface area contributed by atoms with E-state index in [4.69, 9.17) is 5.11 Å². The number of hydrogen-bond acceptors (Lipinski definition) is 2. The number of piperidine rings is 1. The van der Waals surface area contributed by atoms with Crippen LogP contribution in [0.4, 0.5) is 0 Å². The van der Waals surface area contributed by atoms with Gasteiger partial charge in [0.25, 0.3) is 0 Å². The normalized spacial score (nSPS) is 20.6. The molecule has 14 heavy (non-hydrogen) atoms. The summed E-state index contributed by atoms with van der Waals surface area (Å²) in [5.41, 5.74) is -0.591. The van der Waals surface area contributed by atoms with Gasteiger partial charge in [0.15, 0.2) is 0 Å². The highest BCUT2D eigenvalue weighted by molar-refractivity contribution is 5.76. The molecule has 4 nitrogen and oxygen atoms in total. The van der Waals surface area contributed by atoms with E-state index in [2.05, 4.69) is 0 Å². The van der Waals surface area contributed by atoms with E-state index < -0.39 is 11.4 Å². The fourth-order valence-electron chi connectivity index (χ4n) is 1.97. The molecule has 0 aromatic carbocycles. The lowest BCUT2D eigenvalue weighted by Gasteiger charge is -2.37. The molecular formula is C10H17NO3. The molecule has 80 valence electrons. The van der Waals surface area contributed by atoms with Gasteiger partial charge in [-0.25, -0.2) is 0 Å². The number of carbonyl (C=O) groups is 2. The Morgan fingerprint density at radius 2 is 1.86 bits per heavy atom. The third kappa shape index (κ3) is 1.89. The third-order valence-electron chi connectivity index (χ3n) is 3.30. The van der Waals surface area contributed by atoms with E-state index in [0.29, 0.717) is 32.4 Å². The quantitative estimate of drug-likeness (QED) is 0.724. The monoisotopic (exact) mass is 199 g/mol. The maximum Gasteiger partial charge on any atom is 0.309 e. The summed E-state index contributed by atoms with van der Waals surface area (Å²) in [6, 6.07) is 0. The Hall–Kier alpha value is -1.06. The number of nitrogens with zero attached hydrogens (tertiary/aromatic N) is 1. The van der Waals surface area contributed by atoms with Gasteiger partial charge in [-0.1, -0.05) is 6.92 Å². The summed E-state index contributed by atoms with van der Waals surface area (Å²) >= 11 is 0. The highest BCUT2D eigenvalue weighted by Gasteiger charge is 2.40. The Balaban J connectivity index is 2.64. The van der Waals surface area contributed by atoms with Crippen molar-refractivity contribution >= 4 is 11.9 Å². The molecule has 0 aromatic heterocycles. The maximum absolute atomic E-state index is 11.1. The first-order valence-corrected chi connectivity index (χ1v) is 5.01. The van der Waals surface area contributed by atoms with Gasteiger partial charge in [0.2, 0.25) is 5.91 Å². The molecule has 0 saturated carbocycles. The van der Waals surface area contributed by atoms with Crippen molar-refractivity contribution in [3.63, 3.8) is 0 Å². The van der Waals surface area contributed by atoms with Crippen LogP contribution in [0.2, 0.25) is 0 Å². The predicted octanol–water partition coefficient (Wildman–Crippen LogP) is 1.11. The van der Waals surface area contributed by atoms with Crippen molar-refractivity contribution in [2.45, 2.75) is 33.1 Å². The van der Waals surface area contributed by atoms with Crippen LogP contribution < -0.4 is 0 Å². The van der Waals surface area contributed by atoms with Gasteiger partial charge >= 0.3 is 5.97 Å². The molecule has 1 aliphatic rings. The summed E-state index contributed by atoms with van der Waals surface area (Å²) in [5, 5.41) is 9.11. The van der Waals surface area contributed by atoms with E-state index in [-0.39, 0.29) is 5.91 Å². The van der Waals surface area contributed by atoms with Crippen molar-refractivity contribution in [1.82, 2.24) is 4.90 Å². The molecule has 0 spiro atoms. The average molecular weight is 199 g/mol. The third-order valence-corrected chi connectivity index (χ3v) is 3.30. The smallest absolute Gasteiger partial charge is 0.309 e. The lowest BCUT2D eigenvalue weighted by Crippen LogP contribution is -2.45. The number of hydrogen-bond donors (Lipinski definition) is 1. The van der Waals surface area contributed by atoms with Gasteiger partial charge in [0, 0.05) is 20.0 Å². The van der Waals surface area contributed by atoms with Crippen molar-refractivity contribution < 1.29 is 14.7 Å². The van der Waals surface area contributed by atoms with E-state index in [1.807, 2.05) is 6.92 Å². The van der Waals surface area contributed by atoms with E-state index in [0.717, 1.165) is 0 Å². The van der Waals surface area contributed by atoms with E-state index >= 15 is 0 Å². The van der Waals surface area contributed by atoms with Crippen LogP contribution in [-0.2, 0) is 9.59 Å². The number of carbonyl (C=O) groups excluding carboxylic acids is 1. The second-order valence-electron chi connectivity index (χ2n) is 3.95. The van der Waals surface area contributed by atoms with Gasteiger partial charge in [-0.05, 0) is 19.3 Å². The van der Waals surface area contributed by atoms with Gasteiger partial charge < -0.3 is 10.0 Å². The van der Waals surface area contributed by atoms with Crippen LogP contribution in [0.5, 0.6) is 0 Å². The van der Waals surface area contributed by atoms with E-state index in [1.54, 1.807) is 4.90 Å². The van der Waals surface area contributed by atoms with Crippen LogP contribution in [0.15, 0.2) is 0 Å². The molecule has 1 aliphatic heterocycles. The average Bonchev–Trinajstić information content (AvgIpc) is 2.17. The maximum atomic E-state index is 11.1. The zero-order chi connectivity index (χ0) is 10.8. The number of aliphatic carboxylic acids is 1. The number of carboxylic acids is 1. The molecule has 0 aliphatic carbocycles. The Kier molecular flexibility index (Phi) is 3.13. The largest absolute Gasteiger partial charge is 0.481 e. The summed E-state index contributed by atoms with van der Waals surface area (Å²) in [6.45, 7) is 4.59. The molecule has 0 bridgehead atoms. The topological polar surface area (TPSA) is 57.6 Å². The molecular weight excluding hydrogens is 182 g/mol. The minimum Gasteiger partial charge on any atom is -0.481 e. The van der Waals surface area contributed by atoms with E-state index in [9.17, 15) is 9.59 Å². The van der Waals surface area contributed by atoms with Crippen LogP contribution in [0.1, 0.15) is 33.1 Å². The summed E-state index contributed by atoms with van der Waals surface area (Å²) in [6.07, 6.45) is 1.81. The molecule has 1 N–H and O–H groups in total. The van der Waals surface area contributed by atoms with Crippen molar-refractivity contribution in [3.05, 3.63) is 0 Å². The number of amides is 1. The van der Waals surface area contributed by atoms with Crippen LogP contribution in [0.3, 0.4) is 0 Å². The lowest BCUT2D eigenvalue weighted by atomic mass is 9.76. The first kappa shape index (κ1) is 11.0. The number of likely N-dealkylation sites (tertiary alicyclic amines) is 1. The second-order valence-corrected chi connectivity index (χ2v) is 3.95. The standard InChI is InChI=1S/C10H17NO3/c1-3-10(9(13)14)4-6-11(7-5-10)8(2)12/h3-7H2,1-2H3,(H,13,14). The van der Waals surface area contributed by atoms with Gasteiger partial charge in [0.05, 0.1) is 5.41 Å². The number of rotatable bonds is 2. The van der Waals surface area contributed by atoms with Crippen molar-refractivity contribution in [1.29, 1.82) is 0 Å². The van der Waals surface area contributed by atoms with Crippen LogP contribution >= 0.6 is 0 Å². The molecule has 1 rings (SSSR count). The predicted molar refractivity (Wildman–Crippen MR) is 51.8 cm³/mol.